The van der Waals surface area contributed by atoms with Crippen molar-refractivity contribution in [1.82, 2.24) is 19.8 Å². The Labute approximate surface area is 231 Å². The monoisotopic (exact) mass is 559 g/mol. The van der Waals surface area contributed by atoms with E-state index in [4.69, 9.17) is 21.1 Å². The fourth-order valence-corrected chi connectivity index (χ4v) is 4.91. The van der Waals surface area contributed by atoms with Gasteiger partial charge >= 0.3 is 6.09 Å². The third-order valence-corrected chi connectivity index (χ3v) is 6.81. The highest BCUT2D eigenvalue weighted by Gasteiger charge is 2.26. The van der Waals surface area contributed by atoms with Crippen molar-refractivity contribution in [3.8, 4) is 17.1 Å². The van der Waals surface area contributed by atoms with E-state index in [1.165, 1.54) is 18.1 Å². The number of carbonyl (C=O) groups is 1. The van der Waals surface area contributed by atoms with Gasteiger partial charge in [0.1, 0.15) is 11.4 Å². The van der Waals surface area contributed by atoms with Crippen LogP contribution in [0.25, 0.3) is 11.3 Å². The number of carbonyl (C=O) groups excluding carboxylic acids is 1. The molecule has 1 amide bonds. The molecule has 0 aliphatic carbocycles. The number of rotatable bonds is 7. The largest absolute Gasteiger partial charge is 0.480 e. The van der Waals surface area contributed by atoms with E-state index in [1.54, 1.807) is 48.5 Å². The van der Waals surface area contributed by atoms with Crippen LogP contribution in [0.3, 0.4) is 0 Å². The molecule has 1 aliphatic heterocycles. The van der Waals surface area contributed by atoms with Crippen molar-refractivity contribution in [1.29, 1.82) is 0 Å². The third-order valence-electron chi connectivity index (χ3n) is 5.76. The van der Waals surface area contributed by atoms with Gasteiger partial charge in [-0.05, 0) is 68.6 Å². The van der Waals surface area contributed by atoms with Crippen LogP contribution in [0.15, 0.2) is 53.7 Å². The second-order valence-corrected chi connectivity index (χ2v) is 11.1. The number of ether oxygens (including phenoxy) is 2. The first kappa shape index (κ1) is 27.9. The van der Waals surface area contributed by atoms with Gasteiger partial charge in [-0.15, -0.1) is 0 Å². The van der Waals surface area contributed by atoms with E-state index in [2.05, 4.69) is 19.6 Å². The van der Waals surface area contributed by atoms with Crippen molar-refractivity contribution in [3.05, 3.63) is 65.2 Å². The minimum Gasteiger partial charge on any atom is -0.480 e. The zero-order chi connectivity index (χ0) is 27.3. The SMILES string of the molecule is COc1ncc(Cl)cc1SNc1ccnc(-c2ccc(CN3CCN(C(=O)OC(C)(C)C)CC3)cc2F)c1. The summed E-state index contributed by atoms with van der Waals surface area (Å²) < 4.78 is 29.1. The molecule has 0 unspecified atom stereocenters. The minimum atomic E-state index is -0.516. The van der Waals surface area contributed by atoms with Crippen LogP contribution in [-0.4, -0.2) is 64.8 Å². The molecule has 1 fully saturated rings. The molecule has 8 nitrogen and oxygen atoms in total. The molecule has 3 aromatic rings. The van der Waals surface area contributed by atoms with Gasteiger partial charge in [0.25, 0.3) is 0 Å². The first-order chi connectivity index (χ1) is 18.1. The summed E-state index contributed by atoms with van der Waals surface area (Å²) in [4.78, 5) is 25.4. The number of pyridine rings is 2. The lowest BCUT2D eigenvalue weighted by molar-refractivity contribution is 0.0139. The first-order valence-corrected chi connectivity index (χ1v) is 13.4. The Kier molecular flexibility index (Phi) is 8.96. The average Bonchev–Trinajstić information content (AvgIpc) is 2.87. The Balaban J connectivity index is 1.36. The Morgan fingerprint density at radius 3 is 2.58 bits per heavy atom. The molecule has 4 rings (SSSR count). The minimum absolute atomic E-state index is 0.293. The summed E-state index contributed by atoms with van der Waals surface area (Å²) in [5.74, 6) is 0.113. The highest BCUT2D eigenvalue weighted by Crippen LogP contribution is 2.32. The zero-order valence-electron chi connectivity index (χ0n) is 21.8. The lowest BCUT2D eigenvalue weighted by atomic mass is 10.1. The molecule has 1 aliphatic rings. The normalized spacial score (nSPS) is 14.3. The molecule has 1 saturated heterocycles. The summed E-state index contributed by atoms with van der Waals surface area (Å²) in [5.41, 5.74) is 2.02. The summed E-state index contributed by atoms with van der Waals surface area (Å²) in [7, 11) is 1.54. The summed E-state index contributed by atoms with van der Waals surface area (Å²) in [5, 5.41) is 0.498. The Bertz CT molecular complexity index is 1280. The van der Waals surface area contributed by atoms with Gasteiger partial charge < -0.3 is 19.1 Å². The van der Waals surface area contributed by atoms with Gasteiger partial charge in [0, 0.05) is 56.4 Å². The van der Waals surface area contributed by atoms with Crippen molar-refractivity contribution < 1.29 is 18.7 Å². The van der Waals surface area contributed by atoms with E-state index in [9.17, 15) is 4.79 Å². The number of benzene rings is 1. The van der Waals surface area contributed by atoms with Crippen LogP contribution < -0.4 is 9.46 Å². The van der Waals surface area contributed by atoms with Gasteiger partial charge in [-0.25, -0.2) is 14.2 Å². The molecular weight excluding hydrogens is 529 g/mol. The van der Waals surface area contributed by atoms with Gasteiger partial charge in [-0.3, -0.25) is 9.88 Å². The predicted octanol–water partition coefficient (Wildman–Crippen LogP) is 6.12. The first-order valence-electron chi connectivity index (χ1n) is 12.2. The Morgan fingerprint density at radius 2 is 1.89 bits per heavy atom. The highest BCUT2D eigenvalue weighted by molar-refractivity contribution is 8.00. The van der Waals surface area contributed by atoms with Crippen LogP contribution >= 0.6 is 23.5 Å². The average molecular weight is 560 g/mol. The number of piperazine rings is 1. The molecule has 0 bridgehead atoms. The molecule has 0 radical (unpaired) electrons. The van der Waals surface area contributed by atoms with Gasteiger partial charge in [0.2, 0.25) is 5.88 Å². The molecule has 0 saturated carbocycles. The topological polar surface area (TPSA) is 79.8 Å². The number of hydrogen-bond donors (Lipinski definition) is 1. The number of aromatic nitrogens is 2. The number of nitrogens with one attached hydrogen (secondary N) is 1. The maximum atomic E-state index is 15.1. The lowest BCUT2D eigenvalue weighted by Crippen LogP contribution is -2.49. The summed E-state index contributed by atoms with van der Waals surface area (Å²) in [6.45, 7) is 8.72. The number of methoxy groups -OCH3 is 1. The standard InChI is InChI=1S/C27H31ClFN5O3S/c1-27(2,3)37-26(35)34-11-9-33(10-12-34)17-18-5-6-21(22(29)13-18)23-15-20(7-8-30-23)32-38-24-14-19(28)16-31-25(24)36-4/h5-8,13-16H,9-12,17H2,1-4H3,(H,30,32). The predicted molar refractivity (Wildman–Crippen MR) is 148 cm³/mol. The quantitative estimate of drug-likeness (QED) is 0.347. The maximum Gasteiger partial charge on any atom is 0.410 e. The van der Waals surface area contributed by atoms with Crippen LogP contribution in [0.1, 0.15) is 26.3 Å². The fraction of sp³-hybridized carbons (Fsp3) is 0.370. The van der Waals surface area contributed by atoms with Gasteiger partial charge in [0.15, 0.2) is 0 Å². The van der Waals surface area contributed by atoms with Crippen LogP contribution in [0, 0.1) is 5.82 Å². The van der Waals surface area contributed by atoms with Gasteiger partial charge in [-0.1, -0.05) is 17.7 Å². The van der Waals surface area contributed by atoms with Crippen molar-refractivity contribution in [2.45, 2.75) is 37.8 Å². The molecule has 1 aromatic carbocycles. The maximum absolute atomic E-state index is 15.1. The summed E-state index contributed by atoms with van der Waals surface area (Å²) >= 11 is 7.35. The highest BCUT2D eigenvalue weighted by atomic mass is 35.5. The molecule has 202 valence electrons. The molecule has 2 aromatic heterocycles. The van der Waals surface area contributed by atoms with Crippen LogP contribution in [0.5, 0.6) is 5.88 Å². The van der Waals surface area contributed by atoms with Crippen molar-refractivity contribution in [2.24, 2.45) is 0 Å². The molecular formula is C27H31ClFN5O3S. The van der Waals surface area contributed by atoms with Gasteiger partial charge in [-0.2, -0.15) is 0 Å². The molecule has 11 heteroatoms. The van der Waals surface area contributed by atoms with Crippen LogP contribution in [0.2, 0.25) is 5.02 Å². The Morgan fingerprint density at radius 1 is 1.13 bits per heavy atom. The van der Waals surface area contributed by atoms with E-state index < -0.39 is 5.60 Å². The summed E-state index contributed by atoms with van der Waals surface area (Å²) in [6, 6.07) is 10.6. The second kappa shape index (κ2) is 12.2. The zero-order valence-corrected chi connectivity index (χ0v) is 23.4. The van der Waals surface area contributed by atoms with Crippen LogP contribution in [-0.2, 0) is 11.3 Å². The molecule has 0 atom stereocenters. The molecule has 3 heterocycles. The van der Waals surface area contributed by atoms with Crippen molar-refractivity contribution in [3.63, 3.8) is 0 Å². The number of halogens is 2. The lowest BCUT2D eigenvalue weighted by Gasteiger charge is -2.35. The van der Waals surface area contributed by atoms with Crippen LogP contribution in [0.4, 0.5) is 14.9 Å². The van der Waals surface area contributed by atoms with Gasteiger partial charge in [0.05, 0.1) is 22.7 Å². The molecule has 1 N–H and O–H groups in total. The Hall–Kier alpha value is -3.08. The van der Waals surface area contributed by atoms with E-state index >= 15 is 4.39 Å². The third kappa shape index (κ3) is 7.49. The smallest absolute Gasteiger partial charge is 0.410 e. The van der Waals surface area contributed by atoms with Crippen molar-refractivity contribution >= 4 is 35.3 Å². The van der Waals surface area contributed by atoms with E-state index in [1.807, 2.05) is 26.8 Å². The van der Waals surface area contributed by atoms with Crippen molar-refractivity contribution in [2.75, 3.05) is 38.0 Å². The van der Waals surface area contributed by atoms with E-state index in [0.717, 1.165) is 16.1 Å². The number of amides is 1. The number of hydrogen-bond acceptors (Lipinski definition) is 8. The molecule has 38 heavy (non-hydrogen) atoms. The number of anilines is 1. The summed E-state index contributed by atoms with van der Waals surface area (Å²) in [6.07, 6.45) is 2.85. The van der Waals surface area contributed by atoms with E-state index in [-0.39, 0.29) is 11.9 Å². The second-order valence-electron chi connectivity index (χ2n) is 9.85. The number of nitrogens with zero attached hydrogens (tertiary/aromatic N) is 4. The van der Waals surface area contributed by atoms with E-state index in [0.29, 0.717) is 54.9 Å². The molecule has 0 spiro atoms. The fourth-order valence-electron chi connectivity index (χ4n) is 3.93.